The van der Waals surface area contributed by atoms with Crippen LogP contribution in [0.15, 0.2) is 16.9 Å². The molecule has 0 aromatic carbocycles. The van der Waals surface area contributed by atoms with Crippen molar-refractivity contribution in [3.8, 4) is 0 Å². The normalized spacial score (nSPS) is 28.0. The number of carboxylic acids is 1. The average molecular weight is 319 g/mol. The van der Waals surface area contributed by atoms with Crippen LogP contribution in [0.5, 0.6) is 0 Å². The van der Waals surface area contributed by atoms with Crippen molar-refractivity contribution in [2.75, 3.05) is 0 Å². The first kappa shape index (κ1) is 16.3. The smallest absolute Gasteiger partial charge is 0.480 e. The Hall–Kier alpha value is -1.60. The first-order chi connectivity index (χ1) is 10.5. The molecule has 6 nitrogen and oxygen atoms in total. The fourth-order valence-corrected chi connectivity index (χ4v) is 3.22. The molecule has 3 rings (SSSR count). The molecule has 2 aliphatic rings. The number of nitrogens with zero attached hydrogens (tertiary/aromatic N) is 1. The third-order valence-corrected chi connectivity index (χ3v) is 5.32. The fraction of sp³-hybridized carbons (Fsp3) is 0.625. The van der Waals surface area contributed by atoms with E-state index in [0.717, 1.165) is 5.69 Å². The highest BCUT2D eigenvalue weighted by Crippen LogP contribution is 2.37. The van der Waals surface area contributed by atoms with Crippen molar-refractivity contribution in [3.05, 3.63) is 28.2 Å². The van der Waals surface area contributed by atoms with Crippen LogP contribution in [-0.4, -0.2) is 34.0 Å². The molecule has 7 heteroatoms. The van der Waals surface area contributed by atoms with Crippen molar-refractivity contribution in [3.63, 3.8) is 0 Å². The van der Waals surface area contributed by atoms with Crippen LogP contribution >= 0.6 is 0 Å². The van der Waals surface area contributed by atoms with E-state index in [1.54, 1.807) is 0 Å². The second-order valence-electron chi connectivity index (χ2n) is 7.50. The molecular weight excluding hydrogens is 297 g/mol. The zero-order valence-electron chi connectivity index (χ0n) is 14.1. The lowest BCUT2D eigenvalue weighted by molar-refractivity contribution is -0.140. The van der Waals surface area contributed by atoms with Gasteiger partial charge in [0.2, 0.25) is 0 Å². The van der Waals surface area contributed by atoms with Gasteiger partial charge >= 0.3 is 13.1 Å². The van der Waals surface area contributed by atoms with E-state index in [4.69, 9.17) is 9.31 Å². The molecule has 0 aliphatic carbocycles. The first-order valence-electron chi connectivity index (χ1n) is 7.88. The molecule has 0 spiro atoms. The van der Waals surface area contributed by atoms with E-state index in [2.05, 4.69) is 0 Å². The van der Waals surface area contributed by atoms with Crippen molar-refractivity contribution < 1.29 is 19.2 Å². The standard InChI is InChI=1S/C16H22BNO5/c1-9-6-12(14(20)21)18-11(9)7-10(8-13(18)19)17-22-15(2,3)16(4,5)23-17/h7-9,12H,6H2,1-5H3,(H,20,21)/t9?,12-/m0/s1. The molecule has 1 aromatic heterocycles. The number of hydrogen-bond acceptors (Lipinski definition) is 4. The van der Waals surface area contributed by atoms with E-state index in [1.165, 1.54) is 10.6 Å². The van der Waals surface area contributed by atoms with E-state index in [9.17, 15) is 14.7 Å². The summed E-state index contributed by atoms with van der Waals surface area (Å²) in [5.74, 6) is -0.966. The van der Waals surface area contributed by atoms with Crippen LogP contribution in [0.2, 0.25) is 0 Å². The van der Waals surface area contributed by atoms with Gasteiger partial charge in [0.15, 0.2) is 0 Å². The number of rotatable bonds is 2. The lowest BCUT2D eigenvalue weighted by Gasteiger charge is -2.32. The van der Waals surface area contributed by atoms with Gasteiger partial charge in [-0.05, 0) is 51.6 Å². The molecule has 0 amide bonds. The highest BCUT2D eigenvalue weighted by atomic mass is 16.7. The molecule has 2 aliphatic heterocycles. The van der Waals surface area contributed by atoms with Gasteiger partial charge in [-0.1, -0.05) is 6.92 Å². The topological polar surface area (TPSA) is 77.8 Å². The summed E-state index contributed by atoms with van der Waals surface area (Å²) < 4.78 is 13.4. The van der Waals surface area contributed by atoms with Crippen LogP contribution < -0.4 is 11.0 Å². The molecule has 23 heavy (non-hydrogen) atoms. The Labute approximate surface area is 135 Å². The second-order valence-corrected chi connectivity index (χ2v) is 7.50. The van der Waals surface area contributed by atoms with Crippen LogP contribution in [0.25, 0.3) is 0 Å². The molecule has 1 saturated heterocycles. The predicted octanol–water partition coefficient (Wildman–Crippen LogP) is 1.28. The highest BCUT2D eigenvalue weighted by molar-refractivity contribution is 6.62. The molecule has 1 fully saturated rings. The van der Waals surface area contributed by atoms with E-state index in [1.807, 2.05) is 40.7 Å². The van der Waals surface area contributed by atoms with Gasteiger partial charge in [-0.2, -0.15) is 0 Å². The number of aromatic nitrogens is 1. The summed E-state index contributed by atoms with van der Waals surface area (Å²) in [4.78, 5) is 23.8. The van der Waals surface area contributed by atoms with Crippen LogP contribution in [0, 0.1) is 0 Å². The van der Waals surface area contributed by atoms with E-state index < -0.39 is 30.3 Å². The van der Waals surface area contributed by atoms with Crippen molar-refractivity contribution in [2.45, 2.75) is 64.2 Å². The van der Waals surface area contributed by atoms with Gasteiger partial charge in [0.05, 0.1) is 11.2 Å². The van der Waals surface area contributed by atoms with Crippen LogP contribution in [0.3, 0.4) is 0 Å². The van der Waals surface area contributed by atoms with Crippen LogP contribution in [0.1, 0.15) is 58.7 Å². The molecule has 0 saturated carbocycles. The van der Waals surface area contributed by atoms with Crippen molar-refractivity contribution in [2.24, 2.45) is 0 Å². The number of aliphatic carboxylic acids is 1. The van der Waals surface area contributed by atoms with Crippen molar-refractivity contribution in [1.29, 1.82) is 0 Å². The Morgan fingerprint density at radius 3 is 2.35 bits per heavy atom. The molecule has 1 unspecified atom stereocenters. The van der Waals surface area contributed by atoms with Crippen LogP contribution in [0.4, 0.5) is 0 Å². The third-order valence-electron chi connectivity index (χ3n) is 5.32. The number of carboxylic acid groups (broad SMARTS) is 1. The molecule has 124 valence electrons. The molecule has 1 aromatic rings. The Kier molecular flexibility index (Phi) is 3.50. The minimum absolute atomic E-state index is 0.00572. The SMILES string of the molecule is CC1C[C@@H](C(=O)O)n2c1cc(B1OC(C)(C)C(C)(C)O1)cc2=O. The van der Waals surface area contributed by atoms with Crippen LogP contribution in [-0.2, 0) is 14.1 Å². The molecular formula is C16H22BNO5. The van der Waals surface area contributed by atoms with Gasteiger partial charge in [-0.15, -0.1) is 0 Å². The summed E-state index contributed by atoms with van der Waals surface area (Å²) in [5, 5.41) is 9.31. The summed E-state index contributed by atoms with van der Waals surface area (Å²) in [5.41, 5.74) is 0.0980. The average Bonchev–Trinajstić information content (AvgIpc) is 2.85. The lowest BCUT2D eigenvalue weighted by atomic mass is 9.79. The van der Waals surface area contributed by atoms with E-state index >= 15 is 0 Å². The van der Waals surface area contributed by atoms with E-state index in [-0.39, 0.29) is 11.5 Å². The zero-order valence-corrected chi connectivity index (χ0v) is 14.1. The maximum Gasteiger partial charge on any atom is 0.495 e. The summed E-state index contributed by atoms with van der Waals surface area (Å²) in [6, 6.07) is 2.48. The Bertz CT molecular complexity index is 708. The second kappa shape index (κ2) is 4.95. The molecule has 3 heterocycles. The minimum Gasteiger partial charge on any atom is -0.480 e. The highest BCUT2D eigenvalue weighted by Gasteiger charge is 2.52. The van der Waals surface area contributed by atoms with Crippen molar-refractivity contribution >= 4 is 18.6 Å². The number of pyridine rings is 1. The van der Waals surface area contributed by atoms with E-state index in [0.29, 0.717) is 11.9 Å². The van der Waals surface area contributed by atoms with Gasteiger partial charge in [-0.25, -0.2) is 4.79 Å². The van der Waals surface area contributed by atoms with Gasteiger partial charge in [0, 0.05) is 11.8 Å². The molecule has 0 bridgehead atoms. The monoisotopic (exact) mass is 319 g/mol. The number of carbonyl (C=O) groups is 1. The Morgan fingerprint density at radius 1 is 1.26 bits per heavy atom. The number of fused-ring (bicyclic) bond motifs is 1. The van der Waals surface area contributed by atoms with Gasteiger partial charge in [0.25, 0.3) is 5.56 Å². The Balaban J connectivity index is 2.03. The Morgan fingerprint density at radius 2 is 1.83 bits per heavy atom. The summed E-state index contributed by atoms with van der Waals surface area (Å²) in [7, 11) is -0.616. The van der Waals surface area contributed by atoms with Gasteiger partial charge in [-0.3, -0.25) is 9.36 Å². The maximum atomic E-state index is 12.5. The lowest BCUT2D eigenvalue weighted by Crippen LogP contribution is -2.41. The predicted molar refractivity (Wildman–Crippen MR) is 86.1 cm³/mol. The molecule has 2 atom stereocenters. The first-order valence-corrected chi connectivity index (χ1v) is 7.88. The maximum absolute atomic E-state index is 12.5. The van der Waals surface area contributed by atoms with Gasteiger partial charge in [0.1, 0.15) is 6.04 Å². The molecule has 0 radical (unpaired) electrons. The largest absolute Gasteiger partial charge is 0.495 e. The third kappa shape index (κ3) is 2.42. The summed E-state index contributed by atoms with van der Waals surface area (Å²) in [6.07, 6.45) is 0.428. The molecule has 1 N–H and O–H groups in total. The fourth-order valence-electron chi connectivity index (χ4n) is 3.22. The summed E-state index contributed by atoms with van der Waals surface area (Å²) in [6.45, 7) is 9.75. The number of hydrogen-bond donors (Lipinski definition) is 1. The zero-order chi connectivity index (χ0) is 17.2. The van der Waals surface area contributed by atoms with Gasteiger partial charge < -0.3 is 14.4 Å². The quantitative estimate of drug-likeness (QED) is 0.831. The summed E-state index contributed by atoms with van der Waals surface area (Å²) >= 11 is 0. The van der Waals surface area contributed by atoms with Crippen molar-refractivity contribution in [1.82, 2.24) is 4.57 Å². The minimum atomic E-state index is -0.971.